The fourth-order valence-electron chi connectivity index (χ4n) is 4.91. The van der Waals surface area contributed by atoms with E-state index in [1.165, 1.54) is 55.5 Å². The molecule has 1 atom stereocenters. The van der Waals surface area contributed by atoms with Crippen molar-refractivity contribution in [3.8, 4) is 0 Å². The fraction of sp³-hybridized carbons (Fsp3) is 0.636. The molecule has 1 aromatic carbocycles. The molecule has 150 valence electrons. The van der Waals surface area contributed by atoms with Gasteiger partial charge in [-0.15, -0.1) is 0 Å². The Balaban J connectivity index is 2.06. The van der Waals surface area contributed by atoms with Gasteiger partial charge in [-0.2, -0.15) is 0 Å². The van der Waals surface area contributed by atoms with Gasteiger partial charge in [0.25, 0.3) is 0 Å². The molecule has 2 bridgehead atoms. The topological polar surface area (TPSA) is 37.4 Å². The predicted molar refractivity (Wildman–Crippen MR) is 116 cm³/mol. The Hall–Kier alpha value is -0.491. The molecule has 0 saturated heterocycles. The average molecular weight is 496 g/mol. The zero-order valence-electron chi connectivity index (χ0n) is 17.2. The van der Waals surface area contributed by atoms with Gasteiger partial charge in [0.15, 0.2) is 0 Å². The van der Waals surface area contributed by atoms with Crippen LogP contribution < -0.4 is 0 Å². The molecule has 27 heavy (non-hydrogen) atoms. The summed E-state index contributed by atoms with van der Waals surface area (Å²) in [4.78, 5) is 0.550. The Labute approximate surface area is 170 Å². The van der Waals surface area contributed by atoms with E-state index >= 15 is 0 Å². The van der Waals surface area contributed by atoms with Gasteiger partial charge in [0.05, 0.1) is 0 Å². The second kappa shape index (κ2) is 8.89. The zero-order chi connectivity index (χ0) is 19.5. The van der Waals surface area contributed by atoms with Crippen LogP contribution in [0.15, 0.2) is 38.9 Å². The summed E-state index contributed by atoms with van der Waals surface area (Å²) < 4.78 is 34.0. The molecular formula is C22H35NO2SSn. The summed E-state index contributed by atoms with van der Waals surface area (Å²) in [5.74, 6) is 0.265. The van der Waals surface area contributed by atoms with E-state index in [-0.39, 0.29) is 5.92 Å². The molecule has 0 saturated carbocycles. The molecule has 0 unspecified atom stereocenters. The fourth-order valence-corrected chi connectivity index (χ4v) is 25.4. The summed E-state index contributed by atoms with van der Waals surface area (Å²) in [5, 5.41) is 0. The van der Waals surface area contributed by atoms with Crippen molar-refractivity contribution in [1.29, 1.82) is 0 Å². The zero-order valence-corrected chi connectivity index (χ0v) is 20.9. The van der Waals surface area contributed by atoms with Crippen molar-refractivity contribution in [3.63, 3.8) is 0 Å². The molecular weight excluding hydrogens is 461 g/mol. The summed E-state index contributed by atoms with van der Waals surface area (Å²) in [5.41, 5.74) is 1.02. The number of nitrogens with zero attached hydrogens (tertiary/aromatic N) is 1. The number of unbranched alkanes of at least 4 members (excludes halogenated alkanes) is 3. The Morgan fingerprint density at radius 1 is 0.963 bits per heavy atom. The normalized spacial score (nSPS) is 20.5. The van der Waals surface area contributed by atoms with Gasteiger partial charge in [-0.3, -0.25) is 0 Å². The van der Waals surface area contributed by atoms with Gasteiger partial charge in [0.2, 0.25) is 0 Å². The number of fused-ring (bicyclic) bond motifs is 4. The number of benzene rings is 1. The molecule has 2 aliphatic heterocycles. The Morgan fingerprint density at radius 2 is 1.52 bits per heavy atom. The molecule has 3 nitrogen and oxygen atoms in total. The van der Waals surface area contributed by atoms with E-state index in [1.54, 1.807) is 0 Å². The predicted octanol–water partition coefficient (Wildman–Crippen LogP) is 6.06. The van der Waals surface area contributed by atoms with E-state index in [0.717, 1.165) is 5.56 Å². The Kier molecular flexibility index (Phi) is 6.99. The van der Waals surface area contributed by atoms with Crippen molar-refractivity contribution in [1.82, 2.24) is 4.31 Å². The van der Waals surface area contributed by atoms with Crippen molar-refractivity contribution in [2.45, 2.75) is 83.4 Å². The summed E-state index contributed by atoms with van der Waals surface area (Å²) in [7, 11) is -3.38. The quantitative estimate of drug-likeness (QED) is 0.370. The minimum atomic E-state index is -3.38. The van der Waals surface area contributed by atoms with Crippen LogP contribution in [0.4, 0.5) is 0 Å². The number of sulfonamides is 1. The average Bonchev–Trinajstić information content (AvgIpc) is 3.11. The van der Waals surface area contributed by atoms with Crippen LogP contribution in [0, 0.1) is 0 Å². The number of hydrogen-bond acceptors (Lipinski definition) is 2. The molecule has 0 N–H and O–H groups in total. The molecule has 1 aromatic rings. The number of rotatable bonds is 10. The van der Waals surface area contributed by atoms with E-state index in [4.69, 9.17) is 0 Å². The van der Waals surface area contributed by atoms with Gasteiger partial charge >= 0.3 is 171 Å². The summed E-state index contributed by atoms with van der Waals surface area (Å²) >= 11 is -2.77. The molecule has 0 fully saturated rings. The molecule has 3 rings (SSSR count). The van der Waals surface area contributed by atoms with Crippen LogP contribution in [0.3, 0.4) is 0 Å². The van der Waals surface area contributed by atoms with Crippen LogP contribution in [0.25, 0.3) is 0 Å². The maximum absolute atomic E-state index is 13.5. The first-order valence-electron chi connectivity index (χ1n) is 10.8. The van der Waals surface area contributed by atoms with Crippen molar-refractivity contribution in [3.05, 3.63) is 39.6 Å². The van der Waals surface area contributed by atoms with E-state index in [9.17, 15) is 8.42 Å². The monoisotopic (exact) mass is 497 g/mol. The van der Waals surface area contributed by atoms with Gasteiger partial charge in [-0.05, 0) is 0 Å². The molecule has 0 aliphatic carbocycles. The maximum atomic E-state index is 13.5. The van der Waals surface area contributed by atoms with Gasteiger partial charge < -0.3 is 0 Å². The van der Waals surface area contributed by atoms with Crippen molar-refractivity contribution in [2.24, 2.45) is 0 Å². The van der Waals surface area contributed by atoms with Crippen molar-refractivity contribution < 1.29 is 8.42 Å². The number of hydrogen-bond donors (Lipinski definition) is 0. The molecule has 0 spiro atoms. The molecule has 5 heteroatoms. The van der Waals surface area contributed by atoms with E-state index in [0.29, 0.717) is 11.4 Å². The molecule has 0 radical (unpaired) electrons. The third kappa shape index (κ3) is 3.98. The Morgan fingerprint density at radius 3 is 2.07 bits per heavy atom. The molecule has 0 amide bonds. The Bertz CT molecular complexity index is 765. The van der Waals surface area contributed by atoms with Crippen molar-refractivity contribution >= 4 is 28.4 Å². The first-order chi connectivity index (χ1) is 13.0. The minimum absolute atomic E-state index is 0.265. The van der Waals surface area contributed by atoms with Gasteiger partial charge in [0.1, 0.15) is 0 Å². The van der Waals surface area contributed by atoms with Gasteiger partial charge in [-0.25, -0.2) is 0 Å². The summed E-state index contributed by atoms with van der Waals surface area (Å²) in [6.07, 6.45) is 9.80. The van der Waals surface area contributed by atoms with Crippen LogP contribution in [0.2, 0.25) is 13.3 Å². The molecule has 2 aliphatic rings. The third-order valence-corrected chi connectivity index (χ3v) is 24.3. The van der Waals surface area contributed by atoms with E-state index < -0.39 is 28.4 Å². The molecule has 2 heterocycles. The SMILES string of the molecule is CCC[CH2][Sn]([CH2]CCC)([CH2]CCC)[C]1=C[C@@H]2CN1S(=O)(=O)c1ccccc12. The second-order valence-corrected chi connectivity index (χ2v) is 23.2. The van der Waals surface area contributed by atoms with Crippen LogP contribution >= 0.6 is 0 Å². The van der Waals surface area contributed by atoms with E-state index in [2.05, 4.69) is 26.8 Å². The summed E-state index contributed by atoms with van der Waals surface area (Å²) in [6, 6.07) is 7.68. The van der Waals surface area contributed by atoms with Gasteiger partial charge in [0, 0.05) is 0 Å². The van der Waals surface area contributed by atoms with E-state index in [1.807, 2.05) is 28.6 Å². The summed E-state index contributed by atoms with van der Waals surface area (Å²) in [6.45, 7) is 7.46. The van der Waals surface area contributed by atoms with Gasteiger partial charge in [-0.1, -0.05) is 0 Å². The first kappa shape index (κ1) is 21.2. The van der Waals surface area contributed by atoms with Crippen LogP contribution in [0.5, 0.6) is 0 Å². The van der Waals surface area contributed by atoms with Crippen LogP contribution in [-0.2, 0) is 10.0 Å². The van der Waals surface area contributed by atoms with Crippen LogP contribution in [-0.4, -0.2) is 37.6 Å². The third-order valence-electron chi connectivity index (χ3n) is 6.45. The van der Waals surface area contributed by atoms with Crippen LogP contribution in [0.1, 0.15) is 70.8 Å². The van der Waals surface area contributed by atoms with Crippen molar-refractivity contribution in [2.75, 3.05) is 6.54 Å². The standard InChI is InChI=1S/C10H8NO2S.3C4H9.Sn/c12-14(13)10-4-2-1-3-9(10)8-5-6-11(14)7-8;3*1-3-4-2;/h1-5,8H,7H2;3*1,3-4H2,2H3;/t8-;;;;/m1..../s1. The first-order valence-corrected chi connectivity index (χ1v) is 19.8. The molecule has 0 aromatic heterocycles. The second-order valence-electron chi connectivity index (χ2n) is 8.32.